The fourth-order valence-corrected chi connectivity index (χ4v) is 1.91. The van der Waals surface area contributed by atoms with Gasteiger partial charge in [0.25, 0.3) is 0 Å². The molecule has 0 saturated heterocycles. The van der Waals surface area contributed by atoms with Crippen molar-refractivity contribution in [2.24, 2.45) is 0 Å². The Balaban J connectivity index is 3.69. The van der Waals surface area contributed by atoms with Crippen LogP contribution in [0.1, 0.15) is 58.3 Å². The number of methoxy groups -OCH3 is 1. The van der Waals surface area contributed by atoms with Gasteiger partial charge in [-0.15, -0.1) is 6.58 Å². The summed E-state index contributed by atoms with van der Waals surface area (Å²) >= 11 is 0. The van der Waals surface area contributed by atoms with Crippen molar-refractivity contribution in [2.45, 2.75) is 58.3 Å². The third-order valence-corrected chi connectivity index (χ3v) is 2.99. The van der Waals surface area contributed by atoms with E-state index in [0.717, 1.165) is 19.3 Å². The van der Waals surface area contributed by atoms with Gasteiger partial charge in [0.15, 0.2) is 0 Å². The van der Waals surface area contributed by atoms with Crippen LogP contribution in [-0.4, -0.2) is 13.1 Å². The Hall–Kier alpha value is -1.31. The van der Waals surface area contributed by atoms with E-state index in [1.165, 1.54) is 39.2 Å². The molecule has 0 fully saturated rings. The Morgan fingerprint density at radius 1 is 1.05 bits per heavy atom. The lowest BCUT2D eigenvalue weighted by Gasteiger charge is -2.01. The lowest BCUT2D eigenvalue weighted by Crippen LogP contribution is -2.02. The van der Waals surface area contributed by atoms with Gasteiger partial charge in [-0.05, 0) is 32.6 Å². The summed E-state index contributed by atoms with van der Waals surface area (Å²) in [5.74, 6) is -0.248. The zero-order chi connectivity index (χ0) is 14.3. The molecule has 0 radical (unpaired) electrons. The van der Waals surface area contributed by atoms with Gasteiger partial charge >= 0.3 is 5.97 Å². The summed E-state index contributed by atoms with van der Waals surface area (Å²) in [5.41, 5.74) is 0.663. The predicted octanol–water partition coefficient (Wildman–Crippen LogP) is 4.97. The third-order valence-electron chi connectivity index (χ3n) is 2.99. The van der Waals surface area contributed by atoms with E-state index >= 15 is 0 Å². The highest BCUT2D eigenvalue weighted by Crippen LogP contribution is 2.10. The summed E-state index contributed by atoms with van der Waals surface area (Å²) < 4.78 is 4.73. The second-order valence-electron chi connectivity index (χ2n) is 4.64. The SMILES string of the molecule is C=CCCCCCCCC/C=C(\C=C\C)C(=O)OC. The van der Waals surface area contributed by atoms with Crippen LogP contribution in [0.5, 0.6) is 0 Å². The van der Waals surface area contributed by atoms with Crippen LogP contribution in [0.2, 0.25) is 0 Å². The molecule has 0 aromatic heterocycles. The van der Waals surface area contributed by atoms with Crippen LogP contribution in [0.4, 0.5) is 0 Å². The maximum atomic E-state index is 11.4. The van der Waals surface area contributed by atoms with Crippen molar-refractivity contribution in [1.29, 1.82) is 0 Å². The van der Waals surface area contributed by atoms with Crippen molar-refractivity contribution in [3.8, 4) is 0 Å². The van der Waals surface area contributed by atoms with Gasteiger partial charge in [-0.1, -0.05) is 50.0 Å². The molecule has 0 bridgehead atoms. The zero-order valence-corrected chi connectivity index (χ0v) is 12.5. The molecule has 0 aromatic rings. The lowest BCUT2D eigenvalue weighted by molar-refractivity contribution is -0.135. The first-order valence-corrected chi connectivity index (χ1v) is 7.28. The van der Waals surface area contributed by atoms with Crippen LogP contribution in [-0.2, 0) is 9.53 Å². The maximum absolute atomic E-state index is 11.4. The van der Waals surface area contributed by atoms with E-state index in [0.29, 0.717) is 5.57 Å². The summed E-state index contributed by atoms with van der Waals surface area (Å²) in [4.78, 5) is 11.4. The van der Waals surface area contributed by atoms with Crippen molar-refractivity contribution in [3.63, 3.8) is 0 Å². The van der Waals surface area contributed by atoms with Gasteiger partial charge in [-0.3, -0.25) is 0 Å². The highest BCUT2D eigenvalue weighted by Gasteiger charge is 2.04. The molecule has 0 spiro atoms. The number of rotatable bonds is 11. The van der Waals surface area contributed by atoms with E-state index < -0.39 is 0 Å². The lowest BCUT2D eigenvalue weighted by atomic mass is 10.1. The molecule has 0 aromatic carbocycles. The fraction of sp³-hybridized carbons (Fsp3) is 0.588. The van der Waals surface area contributed by atoms with Gasteiger partial charge in [0, 0.05) is 0 Å². The predicted molar refractivity (Wildman–Crippen MR) is 82.0 cm³/mol. The van der Waals surface area contributed by atoms with Crippen molar-refractivity contribution in [1.82, 2.24) is 0 Å². The molecule has 0 heterocycles. The van der Waals surface area contributed by atoms with Crippen molar-refractivity contribution < 1.29 is 9.53 Å². The first-order chi connectivity index (χ1) is 9.26. The highest BCUT2D eigenvalue weighted by molar-refractivity contribution is 5.91. The van der Waals surface area contributed by atoms with Crippen LogP contribution in [0, 0.1) is 0 Å². The topological polar surface area (TPSA) is 26.3 Å². The molecular weight excluding hydrogens is 236 g/mol. The molecule has 108 valence electrons. The number of unbranched alkanes of at least 4 members (excludes halogenated alkanes) is 7. The van der Waals surface area contributed by atoms with Crippen molar-refractivity contribution >= 4 is 5.97 Å². The Morgan fingerprint density at radius 3 is 2.16 bits per heavy atom. The summed E-state index contributed by atoms with van der Waals surface area (Å²) in [6.07, 6.45) is 17.2. The van der Waals surface area contributed by atoms with Gasteiger partial charge < -0.3 is 4.74 Å². The average molecular weight is 264 g/mol. The smallest absolute Gasteiger partial charge is 0.337 e. The molecule has 0 aliphatic heterocycles. The van der Waals surface area contributed by atoms with Crippen LogP contribution >= 0.6 is 0 Å². The first-order valence-electron chi connectivity index (χ1n) is 7.28. The molecule has 0 saturated carbocycles. The minimum Gasteiger partial charge on any atom is -0.465 e. The van der Waals surface area contributed by atoms with E-state index in [-0.39, 0.29) is 5.97 Å². The van der Waals surface area contributed by atoms with E-state index in [9.17, 15) is 4.79 Å². The molecule has 0 aliphatic rings. The van der Waals surface area contributed by atoms with E-state index in [4.69, 9.17) is 4.74 Å². The van der Waals surface area contributed by atoms with Gasteiger partial charge in [0.05, 0.1) is 12.7 Å². The summed E-state index contributed by atoms with van der Waals surface area (Å²) in [5, 5.41) is 0. The molecule has 2 nitrogen and oxygen atoms in total. The molecule has 19 heavy (non-hydrogen) atoms. The second-order valence-corrected chi connectivity index (χ2v) is 4.64. The number of hydrogen-bond donors (Lipinski definition) is 0. The Bertz CT molecular complexity index is 300. The number of esters is 1. The average Bonchev–Trinajstić information content (AvgIpc) is 2.43. The Morgan fingerprint density at radius 2 is 1.63 bits per heavy atom. The fourth-order valence-electron chi connectivity index (χ4n) is 1.91. The van der Waals surface area contributed by atoms with Gasteiger partial charge in [0.1, 0.15) is 0 Å². The Labute approximate surface area is 118 Å². The minimum atomic E-state index is -0.248. The van der Waals surface area contributed by atoms with Crippen LogP contribution in [0.3, 0.4) is 0 Å². The number of hydrogen-bond acceptors (Lipinski definition) is 2. The highest BCUT2D eigenvalue weighted by atomic mass is 16.5. The van der Waals surface area contributed by atoms with Crippen LogP contribution < -0.4 is 0 Å². The zero-order valence-electron chi connectivity index (χ0n) is 12.5. The Kier molecular flexibility index (Phi) is 12.2. The number of carbonyl (C=O) groups excluding carboxylic acids is 1. The molecule has 0 unspecified atom stereocenters. The van der Waals surface area contributed by atoms with Gasteiger partial charge in [-0.2, -0.15) is 0 Å². The van der Waals surface area contributed by atoms with Gasteiger partial charge in [-0.25, -0.2) is 4.79 Å². The minimum absolute atomic E-state index is 0.248. The third kappa shape index (κ3) is 10.3. The molecule has 0 N–H and O–H groups in total. The standard InChI is InChI=1S/C17H28O2/c1-4-6-7-8-9-10-11-12-13-15-16(14-5-2)17(18)19-3/h4-5,14-15H,1,6-13H2,2-3H3/b14-5+,16-15+. The van der Waals surface area contributed by atoms with Crippen LogP contribution in [0.15, 0.2) is 36.5 Å². The molecule has 0 amide bonds. The van der Waals surface area contributed by atoms with Gasteiger partial charge in [0.2, 0.25) is 0 Å². The molecule has 2 heteroatoms. The maximum Gasteiger partial charge on any atom is 0.337 e. The molecule has 0 rings (SSSR count). The second kappa shape index (κ2) is 13.1. The number of ether oxygens (including phenoxy) is 1. The van der Waals surface area contributed by atoms with Crippen LogP contribution in [0.25, 0.3) is 0 Å². The molecule has 0 aliphatic carbocycles. The van der Waals surface area contributed by atoms with E-state index in [1.54, 1.807) is 6.08 Å². The van der Waals surface area contributed by atoms with Crippen molar-refractivity contribution in [2.75, 3.05) is 7.11 Å². The summed E-state index contributed by atoms with van der Waals surface area (Å²) in [6.45, 7) is 5.62. The van der Waals surface area contributed by atoms with E-state index in [1.807, 2.05) is 25.2 Å². The quantitative estimate of drug-likeness (QED) is 0.173. The summed E-state index contributed by atoms with van der Waals surface area (Å²) in [6, 6.07) is 0. The number of carbonyl (C=O) groups is 1. The first kappa shape index (κ1) is 17.7. The monoisotopic (exact) mass is 264 g/mol. The summed E-state index contributed by atoms with van der Waals surface area (Å²) in [7, 11) is 1.42. The number of allylic oxidation sites excluding steroid dienone is 3. The van der Waals surface area contributed by atoms with Crippen molar-refractivity contribution in [3.05, 3.63) is 36.5 Å². The largest absolute Gasteiger partial charge is 0.465 e. The molecular formula is C17H28O2. The van der Waals surface area contributed by atoms with E-state index in [2.05, 4.69) is 6.58 Å². The normalized spacial score (nSPS) is 11.8. The molecule has 0 atom stereocenters.